The third-order valence-electron chi connectivity index (χ3n) is 5.01. The van der Waals surface area contributed by atoms with E-state index >= 15 is 0 Å². The maximum Gasteiger partial charge on any atom is 3.00 e. The Kier molecular flexibility index (Phi) is 8.67. The van der Waals surface area contributed by atoms with Crippen LogP contribution >= 0.6 is 0 Å². The van der Waals surface area contributed by atoms with Crippen LogP contribution in [-0.2, 0) is 26.2 Å². The molecule has 0 aromatic heterocycles. The average molecular weight is 460 g/mol. The summed E-state index contributed by atoms with van der Waals surface area (Å²) in [5, 5.41) is 5.32. The van der Waals surface area contributed by atoms with E-state index in [2.05, 4.69) is 86.6 Å². The van der Waals surface area contributed by atoms with Gasteiger partial charge in [0.05, 0.1) is 0 Å². The van der Waals surface area contributed by atoms with Crippen LogP contribution in [0.3, 0.4) is 0 Å². The van der Waals surface area contributed by atoms with E-state index in [9.17, 15) is 0 Å². The molecule has 4 aromatic carbocycles. The largest absolute Gasteiger partial charge is 3.00 e. The predicted molar refractivity (Wildman–Crippen MR) is 101 cm³/mol. The van der Waals surface area contributed by atoms with Crippen LogP contribution in [0.15, 0.2) is 72.8 Å². The maximum atomic E-state index is 2.38. The molecule has 0 nitrogen and oxygen atoms in total. The zero-order chi connectivity index (χ0) is 15.8. The Bertz CT molecular complexity index is 988. The van der Waals surface area contributed by atoms with Gasteiger partial charge in [-0.25, -0.2) is 0 Å². The number of rotatable bonds is 3. The summed E-state index contributed by atoms with van der Waals surface area (Å²) in [5.41, 5.74) is 4.09. The van der Waals surface area contributed by atoms with E-state index in [-0.39, 0.29) is 51.0 Å². The van der Waals surface area contributed by atoms with Crippen molar-refractivity contribution in [1.29, 1.82) is 0 Å². The molecule has 0 bridgehead atoms. The summed E-state index contributed by atoms with van der Waals surface area (Å²) < 4.78 is 0. The molecule has 3 heteroatoms. The van der Waals surface area contributed by atoms with Crippen molar-refractivity contribution in [3.63, 3.8) is 0 Å². The summed E-state index contributed by atoms with van der Waals surface area (Å²) in [5.74, 6) is 0.617. The van der Waals surface area contributed by atoms with Crippen LogP contribution in [0.25, 0.3) is 32.7 Å². The van der Waals surface area contributed by atoms with E-state index in [0.29, 0.717) is 5.92 Å². The summed E-state index contributed by atoms with van der Waals surface area (Å²) in [6.45, 7) is 4.57. The van der Waals surface area contributed by atoms with E-state index in [1.54, 1.807) is 0 Å². The smallest absolute Gasteiger partial charge is 1.00 e. The Balaban J connectivity index is 0.00000113. The van der Waals surface area contributed by atoms with Gasteiger partial charge in [0.1, 0.15) is 0 Å². The average Bonchev–Trinajstić information content (AvgIpc) is 3.04. The first-order valence-corrected chi connectivity index (χ1v) is 8.45. The Hall–Kier alpha value is -1.01. The molecular formula is C23H21Cl2Zr. The predicted octanol–water partition coefficient (Wildman–Crippen LogP) is 0.898. The van der Waals surface area contributed by atoms with Crippen molar-refractivity contribution >= 4 is 21.5 Å². The molecule has 0 aliphatic heterocycles. The second-order valence-corrected chi connectivity index (χ2v) is 6.47. The van der Waals surface area contributed by atoms with Crippen molar-refractivity contribution in [2.45, 2.75) is 26.2 Å². The van der Waals surface area contributed by atoms with Gasteiger partial charge in [0, 0.05) is 0 Å². The monoisotopic (exact) mass is 457 g/mol. The van der Waals surface area contributed by atoms with Crippen molar-refractivity contribution < 1.29 is 51.0 Å². The number of benzene rings is 3. The number of hydrogen-bond acceptors (Lipinski definition) is 0. The minimum absolute atomic E-state index is 0. The summed E-state index contributed by atoms with van der Waals surface area (Å²) in [6, 6.07) is 26.7. The van der Waals surface area contributed by atoms with E-state index in [1.165, 1.54) is 44.7 Å². The molecule has 26 heavy (non-hydrogen) atoms. The molecule has 0 N–H and O–H groups in total. The van der Waals surface area contributed by atoms with Crippen molar-refractivity contribution in [3.05, 3.63) is 78.4 Å². The van der Waals surface area contributed by atoms with Crippen molar-refractivity contribution in [2.24, 2.45) is 0 Å². The Morgan fingerprint density at radius 2 is 1.58 bits per heavy atom. The third-order valence-corrected chi connectivity index (χ3v) is 5.01. The molecule has 131 valence electrons. The molecule has 0 saturated heterocycles. The topological polar surface area (TPSA) is 0 Å². The molecule has 1 radical (unpaired) electrons. The normalized spacial score (nSPS) is 11.3. The van der Waals surface area contributed by atoms with Crippen LogP contribution in [0.5, 0.6) is 0 Å². The van der Waals surface area contributed by atoms with Gasteiger partial charge in [-0.15, -0.1) is 34.5 Å². The van der Waals surface area contributed by atoms with Crippen LogP contribution in [0.4, 0.5) is 0 Å². The zero-order valence-corrected chi connectivity index (χ0v) is 18.9. The summed E-state index contributed by atoms with van der Waals surface area (Å²) >= 11 is 0. The Morgan fingerprint density at radius 1 is 0.846 bits per heavy atom. The van der Waals surface area contributed by atoms with E-state index in [4.69, 9.17) is 0 Å². The zero-order valence-electron chi connectivity index (χ0n) is 15.0. The van der Waals surface area contributed by atoms with Crippen LogP contribution in [-0.4, -0.2) is 0 Å². The van der Waals surface area contributed by atoms with E-state index in [1.807, 2.05) is 0 Å². The minimum Gasteiger partial charge on any atom is -1.00 e. The summed E-state index contributed by atoms with van der Waals surface area (Å²) in [4.78, 5) is 0. The number of halogens is 2. The van der Waals surface area contributed by atoms with Gasteiger partial charge in [0.15, 0.2) is 0 Å². The fourth-order valence-electron chi connectivity index (χ4n) is 3.39. The van der Waals surface area contributed by atoms with Gasteiger partial charge >= 0.3 is 26.2 Å². The quantitative estimate of drug-likeness (QED) is 0.400. The van der Waals surface area contributed by atoms with Gasteiger partial charge in [0.2, 0.25) is 0 Å². The first kappa shape index (κ1) is 23.0. The molecule has 4 rings (SSSR count). The van der Waals surface area contributed by atoms with Gasteiger partial charge in [0.25, 0.3) is 0 Å². The first-order chi connectivity index (χ1) is 11.3. The minimum atomic E-state index is 0. The third kappa shape index (κ3) is 4.28. The second kappa shape index (κ2) is 9.79. The molecule has 4 aromatic rings. The molecule has 0 saturated carbocycles. The molecule has 0 aliphatic rings. The van der Waals surface area contributed by atoms with Crippen molar-refractivity contribution in [1.82, 2.24) is 0 Å². The number of hydrogen-bond donors (Lipinski definition) is 0. The first-order valence-electron chi connectivity index (χ1n) is 8.45. The molecule has 0 aliphatic carbocycles. The van der Waals surface area contributed by atoms with Gasteiger partial charge in [-0.3, -0.25) is 0 Å². The Morgan fingerprint density at radius 3 is 2.31 bits per heavy atom. The van der Waals surface area contributed by atoms with Crippen LogP contribution < -0.4 is 24.8 Å². The molecule has 1 atom stereocenters. The van der Waals surface area contributed by atoms with Crippen molar-refractivity contribution in [2.75, 3.05) is 0 Å². The molecule has 0 amide bonds. The van der Waals surface area contributed by atoms with Gasteiger partial charge in [-0.2, -0.15) is 6.07 Å². The second-order valence-electron chi connectivity index (χ2n) is 6.47. The fraction of sp³-hybridized carbons (Fsp3) is 0.174. The molecule has 1 unspecified atom stereocenters. The van der Waals surface area contributed by atoms with Crippen LogP contribution in [0.1, 0.15) is 31.7 Å². The maximum absolute atomic E-state index is 2.38. The van der Waals surface area contributed by atoms with Gasteiger partial charge < -0.3 is 24.8 Å². The molecular weight excluding hydrogens is 438 g/mol. The summed E-state index contributed by atoms with van der Waals surface area (Å²) in [6.07, 6.45) is 1.18. The van der Waals surface area contributed by atoms with Crippen LogP contribution in [0.2, 0.25) is 0 Å². The standard InChI is InChI=1S/C23H21.2ClH.Zr/c1-3-16(2)21-14-19-9-6-10-22(23(19)15-21)20-12-11-17-7-4-5-8-18(17)13-20;;;/h4-16H,3H2,1-2H3;2*1H;/q-1;;;+3/p-2. The molecule has 0 spiro atoms. The molecule has 0 heterocycles. The SMILES string of the molecule is CCC(C)c1cc2c(-c3ccc4ccccc4c3)cccc2[cH-]1.[Cl-].[Cl-].[Zr+3]. The van der Waals surface area contributed by atoms with Crippen LogP contribution in [0, 0.1) is 0 Å². The fourth-order valence-corrected chi connectivity index (χ4v) is 3.39. The van der Waals surface area contributed by atoms with Crippen molar-refractivity contribution in [3.8, 4) is 11.1 Å². The van der Waals surface area contributed by atoms with E-state index < -0.39 is 0 Å². The van der Waals surface area contributed by atoms with E-state index in [0.717, 1.165) is 0 Å². The Labute approximate surface area is 187 Å². The number of fused-ring (bicyclic) bond motifs is 2. The molecule has 0 fully saturated rings. The van der Waals surface area contributed by atoms with Gasteiger partial charge in [-0.05, 0) is 28.3 Å². The summed E-state index contributed by atoms with van der Waals surface area (Å²) in [7, 11) is 0. The van der Waals surface area contributed by atoms with Gasteiger partial charge in [-0.1, -0.05) is 68.3 Å².